The summed E-state index contributed by atoms with van der Waals surface area (Å²) in [5.41, 5.74) is 0.620. The molecule has 1 saturated heterocycles. The molecule has 3 amide bonds. The quantitative estimate of drug-likeness (QED) is 0.642. The Morgan fingerprint density at radius 1 is 1.28 bits per heavy atom. The molecule has 1 N–H and O–H groups in total. The Kier molecular flexibility index (Phi) is 5.48. The normalized spacial score (nSPS) is 24.0. The number of carbonyl (C=O) groups excluding carboxylic acids is 3. The van der Waals surface area contributed by atoms with Crippen LogP contribution in [0.25, 0.3) is 0 Å². The summed E-state index contributed by atoms with van der Waals surface area (Å²) in [6.45, 7) is 5.06. The SMILES string of the molecule is CCOC(=O)[C@@H]1C[C@@H]1CN(CCN1CCNC1=O)C(=O)C1(c2ccccc2)CC1. The van der Waals surface area contributed by atoms with Crippen LogP contribution in [0, 0.1) is 11.8 Å². The van der Waals surface area contributed by atoms with E-state index >= 15 is 0 Å². The van der Waals surface area contributed by atoms with Crippen LogP contribution in [0.4, 0.5) is 4.79 Å². The third-order valence-electron chi connectivity index (χ3n) is 6.32. The number of hydrogen-bond acceptors (Lipinski definition) is 4. The molecule has 1 aliphatic heterocycles. The average molecular weight is 399 g/mol. The van der Waals surface area contributed by atoms with Gasteiger partial charge in [-0.3, -0.25) is 9.59 Å². The number of carbonyl (C=O) groups is 3. The van der Waals surface area contributed by atoms with E-state index in [9.17, 15) is 14.4 Å². The third kappa shape index (κ3) is 4.09. The molecule has 7 nitrogen and oxygen atoms in total. The van der Waals surface area contributed by atoms with E-state index in [1.807, 2.05) is 42.2 Å². The summed E-state index contributed by atoms with van der Waals surface area (Å²) in [6.07, 6.45) is 2.47. The third-order valence-corrected chi connectivity index (χ3v) is 6.32. The van der Waals surface area contributed by atoms with E-state index in [0.29, 0.717) is 39.3 Å². The largest absolute Gasteiger partial charge is 0.466 e. The van der Waals surface area contributed by atoms with Crippen LogP contribution < -0.4 is 5.32 Å². The van der Waals surface area contributed by atoms with Gasteiger partial charge in [-0.1, -0.05) is 30.3 Å². The second-order valence-corrected chi connectivity index (χ2v) is 8.27. The summed E-state index contributed by atoms with van der Waals surface area (Å²) in [4.78, 5) is 41.1. The highest BCUT2D eigenvalue weighted by Crippen LogP contribution is 2.50. The van der Waals surface area contributed by atoms with Crippen molar-refractivity contribution in [2.24, 2.45) is 11.8 Å². The molecule has 1 aromatic carbocycles. The second-order valence-electron chi connectivity index (χ2n) is 8.27. The Balaban J connectivity index is 1.45. The monoisotopic (exact) mass is 399 g/mol. The van der Waals surface area contributed by atoms with Crippen LogP contribution in [0.3, 0.4) is 0 Å². The average Bonchev–Trinajstić information content (AvgIpc) is 3.64. The molecule has 0 radical (unpaired) electrons. The van der Waals surface area contributed by atoms with Gasteiger partial charge in [0, 0.05) is 32.7 Å². The zero-order chi connectivity index (χ0) is 20.4. The lowest BCUT2D eigenvalue weighted by atomic mass is 9.94. The Morgan fingerprint density at radius 2 is 2.03 bits per heavy atom. The Morgan fingerprint density at radius 3 is 2.66 bits per heavy atom. The van der Waals surface area contributed by atoms with E-state index in [4.69, 9.17) is 4.74 Å². The summed E-state index contributed by atoms with van der Waals surface area (Å²) in [5.74, 6) is 0.00928. The molecule has 29 heavy (non-hydrogen) atoms. The van der Waals surface area contributed by atoms with Crippen molar-refractivity contribution in [1.82, 2.24) is 15.1 Å². The molecule has 1 aromatic rings. The molecule has 0 unspecified atom stereocenters. The van der Waals surface area contributed by atoms with Gasteiger partial charge in [0.2, 0.25) is 5.91 Å². The summed E-state index contributed by atoms with van der Waals surface area (Å²) >= 11 is 0. The number of urea groups is 1. The Hall–Kier alpha value is -2.57. The van der Waals surface area contributed by atoms with Gasteiger partial charge in [-0.05, 0) is 37.7 Å². The summed E-state index contributed by atoms with van der Waals surface area (Å²) < 4.78 is 5.14. The standard InChI is InChI=1S/C22H29N3O4/c1-2-29-19(26)18-14-16(18)15-25(13-12-24-11-10-23-21(24)28)20(27)22(8-9-22)17-6-4-3-5-7-17/h3-7,16,18H,2,8-15H2,1H3,(H,23,28)/t16-,18-/m1/s1. The number of nitrogens with zero attached hydrogens (tertiary/aromatic N) is 2. The van der Waals surface area contributed by atoms with Gasteiger partial charge >= 0.3 is 12.0 Å². The maximum atomic E-state index is 13.6. The molecule has 3 fully saturated rings. The Labute approximate surface area is 171 Å². The first-order valence-corrected chi connectivity index (χ1v) is 10.6. The fraction of sp³-hybridized carbons (Fsp3) is 0.591. The van der Waals surface area contributed by atoms with Crippen LogP contribution in [0.1, 0.15) is 31.7 Å². The van der Waals surface area contributed by atoms with Crippen molar-refractivity contribution in [3.05, 3.63) is 35.9 Å². The topological polar surface area (TPSA) is 79.0 Å². The number of esters is 1. The molecule has 0 bridgehead atoms. The number of ether oxygens (including phenoxy) is 1. The molecule has 2 atom stereocenters. The maximum Gasteiger partial charge on any atom is 0.317 e. The minimum Gasteiger partial charge on any atom is -0.466 e. The number of hydrogen-bond donors (Lipinski definition) is 1. The number of amides is 3. The van der Waals surface area contributed by atoms with E-state index < -0.39 is 5.41 Å². The van der Waals surface area contributed by atoms with Gasteiger partial charge in [0.05, 0.1) is 17.9 Å². The Bertz CT molecular complexity index is 778. The second kappa shape index (κ2) is 8.05. The first-order valence-electron chi connectivity index (χ1n) is 10.6. The summed E-state index contributed by atoms with van der Waals surface area (Å²) in [5, 5.41) is 2.80. The molecule has 2 aliphatic carbocycles. The first-order chi connectivity index (χ1) is 14.0. The van der Waals surface area contributed by atoms with Crippen molar-refractivity contribution in [3.63, 3.8) is 0 Å². The van der Waals surface area contributed by atoms with Gasteiger partial charge in [-0.2, -0.15) is 0 Å². The molecular formula is C22H29N3O4. The molecule has 2 saturated carbocycles. The van der Waals surface area contributed by atoms with Crippen molar-refractivity contribution >= 4 is 17.9 Å². The fourth-order valence-electron chi connectivity index (χ4n) is 4.32. The van der Waals surface area contributed by atoms with E-state index in [-0.39, 0.29) is 29.7 Å². The lowest BCUT2D eigenvalue weighted by Crippen LogP contribution is -2.45. The highest BCUT2D eigenvalue weighted by Gasteiger charge is 2.54. The van der Waals surface area contributed by atoms with Crippen molar-refractivity contribution in [2.75, 3.05) is 39.3 Å². The van der Waals surface area contributed by atoms with Crippen LogP contribution in [-0.4, -0.2) is 67.0 Å². The van der Waals surface area contributed by atoms with Gasteiger partial charge < -0.3 is 19.9 Å². The number of rotatable bonds is 9. The summed E-state index contributed by atoms with van der Waals surface area (Å²) in [6, 6.07) is 9.88. The zero-order valence-corrected chi connectivity index (χ0v) is 16.9. The number of benzene rings is 1. The highest BCUT2D eigenvalue weighted by molar-refractivity contribution is 5.91. The molecule has 156 valence electrons. The van der Waals surface area contributed by atoms with Crippen molar-refractivity contribution in [1.29, 1.82) is 0 Å². The van der Waals surface area contributed by atoms with Crippen LogP contribution in [-0.2, 0) is 19.7 Å². The molecule has 3 aliphatic rings. The molecule has 0 aromatic heterocycles. The smallest absolute Gasteiger partial charge is 0.317 e. The van der Waals surface area contributed by atoms with Crippen molar-refractivity contribution in [2.45, 2.75) is 31.6 Å². The molecule has 4 rings (SSSR count). The minimum absolute atomic E-state index is 0.0718. The van der Waals surface area contributed by atoms with Crippen molar-refractivity contribution < 1.29 is 19.1 Å². The molecular weight excluding hydrogens is 370 g/mol. The highest BCUT2D eigenvalue weighted by atomic mass is 16.5. The van der Waals surface area contributed by atoms with E-state index in [1.54, 1.807) is 4.90 Å². The lowest BCUT2D eigenvalue weighted by molar-refractivity contribution is -0.145. The van der Waals surface area contributed by atoms with Gasteiger partial charge in [0.1, 0.15) is 0 Å². The molecule has 0 spiro atoms. The summed E-state index contributed by atoms with van der Waals surface area (Å²) in [7, 11) is 0. The molecule has 7 heteroatoms. The predicted octanol–water partition coefficient (Wildman–Crippen LogP) is 1.77. The van der Waals surface area contributed by atoms with Crippen LogP contribution >= 0.6 is 0 Å². The van der Waals surface area contributed by atoms with Gasteiger partial charge in [-0.15, -0.1) is 0 Å². The van der Waals surface area contributed by atoms with Crippen LogP contribution in [0.5, 0.6) is 0 Å². The van der Waals surface area contributed by atoms with E-state index in [1.165, 1.54) is 0 Å². The molecule has 1 heterocycles. The van der Waals surface area contributed by atoms with Crippen LogP contribution in [0.2, 0.25) is 0 Å². The fourth-order valence-corrected chi connectivity index (χ4v) is 4.32. The maximum absolute atomic E-state index is 13.6. The van der Waals surface area contributed by atoms with Crippen LogP contribution in [0.15, 0.2) is 30.3 Å². The number of nitrogens with one attached hydrogen (secondary N) is 1. The van der Waals surface area contributed by atoms with Gasteiger partial charge in [0.25, 0.3) is 0 Å². The van der Waals surface area contributed by atoms with E-state index in [2.05, 4.69) is 5.32 Å². The van der Waals surface area contributed by atoms with Gasteiger partial charge in [-0.25, -0.2) is 4.79 Å². The predicted molar refractivity (Wildman–Crippen MR) is 107 cm³/mol. The lowest BCUT2D eigenvalue weighted by Gasteiger charge is -2.29. The zero-order valence-electron chi connectivity index (χ0n) is 16.9. The first kappa shape index (κ1) is 19.7. The van der Waals surface area contributed by atoms with E-state index in [0.717, 1.165) is 24.8 Å². The van der Waals surface area contributed by atoms with Crippen molar-refractivity contribution in [3.8, 4) is 0 Å². The van der Waals surface area contributed by atoms with Gasteiger partial charge in [0.15, 0.2) is 0 Å². The minimum atomic E-state index is -0.442.